The van der Waals surface area contributed by atoms with Gasteiger partial charge < -0.3 is 10.1 Å². The molecule has 0 spiro atoms. The summed E-state index contributed by atoms with van der Waals surface area (Å²) in [6, 6.07) is -0.236. The van der Waals surface area contributed by atoms with Crippen molar-refractivity contribution in [3.05, 3.63) is 0 Å². The Morgan fingerprint density at radius 3 is 2.67 bits per heavy atom. The molecule has 1 aliphatic heterocycles. The first-order chi connectivity index (χ1) is 8.30. The Morgan fingerprint density at radius 1 is 1.44 bits per heavy atom. The maximum absolute atomic E-state index is 12.1. The van der Waals surface area contributed by atoms with E-state index >= 15 is 0 Å². The Kier molecular flexibility index (Phi) is 5.40. The first-order valence-corrected chi connectivity index (χ1v) is 5.89. The molecule has 1 saturated heterocycles. The Labute approximate surface area is 104 Å². The summed E-state index contributed by atoms with van der Waals surface area (Å²) in [6.07, 6.45) is -3.51. The summed E-state index contributed by atoms with van der Waals surface area (Å²) >= 11 is 0. The van der Waals surface area contributed by atoms with Crippen molar-refractivity contribution < 1.29 is 22.7 Å². The standard InChI is InChI=1S/C11H19F3N2O2/c1-8-3-9(15-7-11(12,13)14)5-16(4-8)6-10(17)18-2/h8-9,15H,3-7H2,1-2H3. The molecule has 106 valence electrons. The second-order valence-electron chi connectivity index (χ2n) is 4.80. The highest BCUT2D eigenvalue weighted by Gasteiger charge is 2.31. The average molecular weight is 268 g/mol. The van der Waals surface area contributed by atoms with E-state index in [1.54, 1.807) is 0 Å². The number of esters is 1. The second-order valence-corrected chi connectivity index (χ2v) is 4.80. The number of carbonyl (C=O) groups is 1. The maximum Gasteiger partial charge on any atom is 0.401 e. The number of piperidine rings is 1. The number of hydrogen-bond donors (Lipinski definition) is 1. The van der Waals surface area contributed by atoms with Gasteiger partial charge in [0, 0.05) is 19.1 Å². The van der Waals surface area contributed by atoms with E-state index in [-0.39, 0.29) is 24.5 Å². The molecule has 0 amide bonds. The van der Waals surface area contributed by atoms with Crippen LogP contribution in [0.2, 0.25) is 0 Å². The van der Waals surface area contributed by atoms with Gasteiger partial charge in [0.2, 0.25) is 0 Å². The molecule has 7 heteroatoms. The number of methoxy groups -OCH3 is 1. The molecule has 1 rings (SSSR count). The van der Waals surface area contributed by atoms with Crippen molar-refractivity contribution in [2.24, 2.45) is 5.92 Å². The Hall–Kier alpha value is -0.820. The highest BCUT2D eigenvalue weighted by Crippen LogP contribution is 2.18. The molecule has 4 nitrogen and oxygen atoms in total. The fourth-order valence-electron chi connectivity index (χ4n) is 2.25. The smallest absolute Gasteiger partial charge is 0.401 e. The lowest BCUT2D eigenvalue weighted by Gasteiger charge is -2.36. The van der Waals surface area contributed by atoms with Crippen molar-refractivity contribution in [1.29, 1.82) is 0 Å². The molecule has 0 saturated carbocycles. The molecular weight excluding hydrogens is 249 g/mol. The zero-order valence-electron chi connectivity index (χ0n) is 10.6. The Morgan fingerprint density at radius 2 is 2.11 bits per heavy atom. The lowest BCUT2D eigenvalue weighted by atomic mass is 9.96. The molecule has 1 fully saturated rings. The molecule has 1 aliphatic rings. The summed E-state index contributed by atoms with van der Waals surface area (Å²) in [5.74, 6) is -0.104. The average Bonchev–Trinajstić information content (AvgIpc) is 2.24. The fourth-order valence-corrected chi connectivity index (χ4v) is 2.25. The van der Waals surface area contributed by atoms with Crippen molar-refractivity contribution in [1.82, 2.24) is 10.2 Å². The summed E-state index contributed by atoms with van der Waals surface area (Å²) in [7, 11) is 1.30. The van der Waals surface area contributed by atoms with Crippen LogP contribution >= 0.6 is 0 Å². The van der Waals surface area contributed by atoms with Gasteiger partial charge in [-0.3, -0.25) is 9.69 Å². The Balaban J connectivity index is 2.43. The van der Waals surface area contributed by atoms with Crippen LogP contribution in [-0.2, 0) is 9.53 Å². The van der Waals surface area contributed by atoms with Gasteiger partial charge in [-0.25, -0.2) is 0 Å². The van der Waals surface area contributed by atoms with Crippen molar-refractivity contribution in [2.45, 2.75) is 25.6 Å². The summed E-state index contributed by atoms with van der Waals surface area (Å²) in [5, 5.41) is 2.49. The second kappa shape index (κ2) is 6.38. The molecular formula is C11H19F3N2O2. The lowest BCUT2D eigenvalue weighted by Crippen LogP contribution is -2.51. The predicted molar refractivity (Wildman–Crippen MR) is 60.1 cm³/mol. The van der Waals surface area contributed by atoms with Gasteiger partial charge in [0.25, 0.3) is 0 Å². The third kappa shape index (κ3) is 5.68. The number of hydrogen-bond acceptors (Lipinski definition) is 4. The first-order valence-electron chi connectivity index (χ1n) is 5.89. The van der Waals surface area contributed by atoms with E-state index in [0.29, 0.717) is 19.5 Å². The molecule has 1 N–H and O–H groups in total. The van der Waals surface area contributed by atoms with Gasteiger partial charge in [-0.05, 0) is 12.3 Å². The number of halogens is 3. The third-order valence-electron chi connectivity index (χ3n) is 2.91. The largest absolute Gasteiger partial charge is 0.468 e. The number of nitrogens with one attached hydrogen (secondary N) is 1. The van der Waals surface area contributed by atoms with Gasteiger partial charge in [-0.1, -0.05) is 6.92 Å². The molecule has 0 aromatic rings. The summed E-state index contributed by atoms with van der Waals surface area (Å²) in [4.78, 5) is 13.0. The summed E-state index contributed by atoms with van der Waals surface area (Å²) in [5.41, 5.74) is 0. The minimum absolute atomic E-state index is 0.130. The monoisotopic (exact) mass is 268 g/mol. The van der Waals surface area contributed by atoms with E-state index in [0.717, 1.165) is 0 Å². The topological polar surface area (TPSA) is 41.6 Å². The fraction of sp³-hybridized carbons (Fsp3) is 0.909. The molecule has 1 heterocycles. The van der Waals surface area contributed by atoms with E-state index < -0.39 is 12.7 Å². The van der Waals surface area contributed by atoms with Gasteiger partial charge in [-0.2, -0.15) is 13.2 Å². The molecule has 0 bridgehead atoms. The number of rotatable bonds is 4. The first kappa shape index (κ1) is 15.2. The number of carbonyl (C=O) groups excluding carboxylic acids is 1. The van der Waals surface area contributed by atoms with Crippen LogP contribution in [-0.4, -0.2) is 56.4 Å². The molecule has 0 aliphatic carbocycles. The highest BCUT2D eigenvalue weighted by atomic mass is 19.4. The normalized spacial score (nSPS) is 26.1. The number of nitrogens with zero attached hydrogens (tertiary/aromatic N) is 1. The van der Waals surface area contributed by atoms with E-state index in [9.17, 15) is 18.0 Å². The van der Waals surface area contributed by atoms with Crippen LogP contribution in [0.3, 0.4) is 0 Å². The molecule has 18 heavy (non-hydrogen) atoms. The predicted octanol–water partition coefficient (Wildman–Crippen LogP) is 1.02. The lowest BCUT2D eigenvalue weighted by molar-refractivity contribution is -0.143. The van der Waals surface area contributed by atoms with E-state index in [2.05, 4.69) is 10.1 Å². The third-order valence-corrected chi connectivity index (χ3v) is 2.91. The van der Waals surface area contributed by atoms with Crippen LogP contribution in [0.4, 0.5) is 13.2 Å². The molecule has 2 unspecified atom stereocenters. The van der Waals surface area contributed by atoms with Crippen LogP contribution in [0.5, 0.6) is 0 Å². The number of ether oxygens (including phenoxy) is 1. The van der Waals surface area contributed by atoms with Crippen molar-refractivity contribution in [2.75, 3.05) is 33.3 Å². The molecule has 0 aromatic heterocycles. The maximum atomic E-state index is 12.1. The van der Waals surface area contributed by atoms with Crippen LogP contribution in [0.15, 0.2) is 0 Å². The number of alkyl halides is 3. The summed E-state index contributed by atoms with van der Waals surface area (Å²) < 4.78 is 40.9. The van der Waals surface area contributed by atoms with Crippen molar-refractivity contribution in [3.63, 3.8) is 0 Å². The molecule has 2 atom stereocenters. The highest BCUT2D eigenvalue weighted by molar-refractivity contribution is 5.71. The van der Waals surface area contributed by atoms with Gasteiger partial charge in [0.05, 0.1) is 20.2 Å². The van der Waals surface area contributed by atoms with Gasteiger partial charge in [-0.15, -0.1) is 0 Å². The van der Waals surface area contributed by atoms with Crippen molar-refractivity contribution >= 4 is 5.97 Å². The van der Waals surface area contributed by atoms with E-state index in [4.69, 9.17) is 0 Å². The van der Waals surface area contributed by atoms with Crippen LogP contribution < -0.4 is 5.32 Å². The minimum Gasteiger partial charge on any atom is -0.468 e. The summed E-state index contributed by atoms with van der Waals surface area (Å²) in [6.45, 7) is 2.25. The van der Waals surface area contributed by atoms with E-state index in [1.165, 1.54) is 7.11 Å². The van der Waals surface area contributed by atoms with E-state index in [1.807, 2.05) is 11.8 Å². The Bertz CT molecular complexity index is 284. The van der Waals surface area contributed by atoms with Crippen LogP contribution in [0, 0.1) is 5.92 Å². The minimum atomic E-state index is -4.20. The van der Waals surface area contributed by atoms with Crippen LogP contribution in [0.1, 0.15) is 13.3 Å². The molecule has 0 aromatic carbocycles. The van der Waals surface area contributed by atoms with Gasteiger partial charge in [0.15, 0.2) is 0 Å². The van der Waals surface area contributed by atoms with Crippen LogP contribution in [0.25, 0.3) is 0 Å². The zero-order chi connectivity index (χ0) is 13.8. The quantitative estimate of drug-likeness (QED) is 0.773. The number of likely N-dealkylation sites (tertiary alicyclic amines) is 1. The zero-order valence-corrected chi connectivity index (χ0v) is 10.6. The van der Waals surface area contributed by atoms with Gasteiger partial charge in [0.1, 0.15) is 0 Å². The molecule has 0 radical (unpaired) electrons. The van der Waals surface area contributed by atoms with Gasteiger partial charge >= 0.3 is 12.1 Å². The SMILES string of the molecule is COC(=O)CN1CC(C)CC(NCC(F)(F)F)C1. The van der Waals surface area contributed by atoms with Crippen molar-refractivity contribution in [3.8, 4) is 0 Å².